The van der Waals surface area contributed by atoms with Crippen molar-refractivity contribution in [3.05, 3.63) is 29.8 Å². The average Bonchev–Trinajstić information content (AvgIpc) is 1.80. The molecule has 9 heavy (non-hydrogen) atoms. The van der Waals surface area contributed by atoms with Gasteiger partial charge < -0.3 is 0 Å². The van der Waals surface area contributed by atoms with Crippen molar-refractivity contribution in [2.45, 2.75) is 0 Å². The quantitative estimate of drug-likeness (QED) is 0.511. The van der Waals surface area contributed by atoms with Crippen LogP contribution in [0.3, 0.4) is 0 Å². The molecule has 0 bridgehead atoms. The Hall–Kier alpha value is -1.12. The van der Waals surface area contributed by atoms with E-state index in [4.69, 9.17) is 0 Å². The summed E-state index contributed by atoms with van der Waals surface area (Å²) in [4.78, 5) is 0. The van der Waals surface area contributed by atoms with Crippen molar-refractivity contribution in [3.8, 4) is 5.75 Å². The van der Waals surface area contributed by atoms with Gasteiger partial charge in [-0.2, -0.15) is 0 Å². The Morgan fingerprint density at radius 2 is 1.78 bits per heavy atom. The molecule has 0 aliphatic rings. The predicted octanol–water partition coefficient (Wildman–Crippen LogP) is 2.11. The lowest BCUT2D eigenvalue weighted by Crippen LogP contribution is -1.79. The SMILES string of the molecule is [O]c1ccc(F)c(F)c1. The van der Waals surface area contributed by atoms with Crippen LogP contribution in [0.4, 0.5) is 8.78 Å². The van der Waals surface area contributed by atoms with Crippen LogP contribution in [0, 0.1) is 11.6 Å². The smallest absolute Gasteiger partial charge is 0.181 e. The molecule has 0 aliphatic carbocycles. The van der Waals surface area contributed by atoms with Crippen LogP contribution in [0.5, 0.6) is 5.75 Å². The topological polar surface area (TPSA) is 19.9 Å². The highest BCUT2D eigenvalue weighted by Gasteiger charge is 2.00. The zero-order valence-corrected chi connectivity index (χ0v) is 4.40. The third kappa shape index (κ3) is 1.16. The van der Waals surface area contributed by atoms with Crippen molar-refractivity contribution in [3.63, 3.8) is 0 Å². The van der Waals surface area contributed by atoms with Crippen LogP contribution >= 0.6 is 0 Å². The van der Waals surface area contributed by atoms with Crippen LogP contribution in [-0.4, -0.2) is 0 Å². The first-order valence-corrected chi connectivity index (χ1v) is 2.32. The van der Waals surface area contributed by atoms with Gasteiger partial charge in [0.15, 0.2) is 17.4 Å². The number of halogens is 2. The second-order valence-corrected chi connectivity index (χ2v) is 1.58. The van der Waals surface area contributed by atoms with Gasteiger partial charge in [0.25, 0.3) is 0 Å². The molecule has 0 N–H and O–H groups in total. The highest BCUT2D eigenvalue weighted by molar-refractivity contribution is 5.21. The van der Waals surface area contributed by atoms with Crippen LogP contribution in [0.25, 0.3) is 0 Å². The molecular formula is C6H3F2O. The monoisotopic (exact) mass is 129 g/mol. The van der Waals surface area contributed by atoms with Gasteiger partial charge >= 0.3 is 0 Å². The standard InChI is InChI=1S/C6H3F2O/c7-5-2-1-4(9)3-6(5)8/h1-3H. The molecular weight excluding hydrogens is 126 g/mol. The largest absolute Gasteiger partial charge is 0.290 e. The van der Waals surface area contributed by atoms with Gasteiger partial charge in [-0.15, -0.1) is 0 Å². The minimum atomic E-state index is -1.09. The van der Waals surface area contributed by atoms with E-state index < -0.39 is 17.4 Å². The van der Waals surface area contributed by atoms with Gasteiger partial charge in [-0.05, 0) is 12.1 Å². The molecule has 47 valence electrons. The van der Waals surface area contributed by atoms with Crippen LogP contribution in [0.1, 0.15) is 0 Å². The summed E-state index contributed by atoms with van der Waals surface area (Å²) in [6.45, 7) is 0. The zero-order valence-electron chi connectivity index (χ0n) is 4.40. The summed E-state index contributed by atoms with van der Waals surface area (Å²) in [5.74, 6) is -2.61. The third-order valence-electron chi connectivity index (χ3n) is 0.891. The van der Waals surface area contributed by atoms with Crippen molar-refractivity contribution < 1.29 is 13.9 Å². The maximum Gasteiger partial charge on any atom is 0.181 e. The van der Waals surface area contributed by atoms with Crippen LogP contribution in [0.2, 0.25) is 0 Å². The van der Waals surface area contributed by atoms with E-state index in [0.717, 1.165) is 12.1 Å². The van der Waals surface area contributed by atoms with Gasteiger partial charge in [-0.1, -0.05) is 0 Å². The molecule has 1 nitrogen and oxygen atoms in total. The Morgan fingerprint density at radius 1 is 1.11 bits per heavy atom. The van der Waals surface area contributed by atoms with Crippen molar-refractivity contribution >= 4 is 0 Å². The lowest BCUT2D eigenvalue weighted by Gasteiger charge is -1.88. The number of benzene rings is 1. The molecule has 0 aliphatic heterocycles. The molecule has 0 amide bonds. The first kappa shape index (κ1) is 6.01. The number of hydrogen-bond acceptors (Lipinski definition) is 0. The summed E-state index contributed by atoms with van der Waals surface area (Å²) in [7, 11) is 0. The van der Waals surface area contributed by atoms with Crippen molar-refractivity contribution in [2.75, 3.05) is 0 Å². The minimum Gasteiger partial charge on any atom is -0.290 e. The highest BCUT2D eigenvalue weighted by Crippen LogP contribution is 2.13. The Kier molecular flexibility index (Phi) is 1.34. The maximum atomic E-state index is 12.0. The Bertz CT molecular complexity index is 222. The van der Waals surface area contributed by atoms with E-state index in [0.29, 0.717) is 6.07 Å². The summed E-state index contributed by atoms with van der Waals surface area (Å²) in [6, 6.07) is 2.38. The fraction of sp³-hybridized carbons (Fsp3) is 0. The second kappa shape index (κ2) is 2.01. The molecule has 0 unspecified atom stereocenters. The molecule has 0 saturated carbocycles. The fourth-order valence-electron chi connectivity index (χ4n) is 0.477. The van der Waals surface area contributed by atoms with Crippen molar-refractivity contribution in [1.82, 2.24) is 0 Å². The number of hydrogen-bond donors (Lipinski definition) is 0. The first-order chi connectivity index (χ1) is 4.20. The van der Waals surface area contributed by atoms with E-state index in [1.54, 1.807) is 0 Å². The summed E-state index contributed by atoms with van der Waals surface area (Å²) in [6.07, 6.45) is 0. The molecule has 0 fully saturated rings. The zero-order chi connectivity index (χ0) is 6.85. The highest BCUT2D eigenvalue weighted by atomic mass is 19.2. The molecule has 0 heterocycles. The van der Waals surface area contributed by atoms with E-state index in [1.807, 2.05) is 0 Å². The summed E-state index contributed by atoms with van der Waals surface area (Å²) < 4.78 is 24.0. The molecule has 1 aromatic rings. The molecule has 1 radical (unpaired) electrons. The predicted molar refractivity (Wildman–Crippen MR) is 26.5 cm³/mol. The van der Waals surface area contributed by atoms with Gasteiger partial charge in [0.05, 0.1) is 0 Å². The van der Waals surface area contributed by atoms with Crippen LogP contribution < -0.4 is 0 Å². The summed E-state index contributed by atoms with van der Waals surface area (Å²) in [5, 5.41) is 10.2. The van der Waals surface area contributed by atoms with E-state index in [9.17, 15) is 13.9 Å². The van der Waals surface area contributed by atoms with E-state index >= 15 is 0 Å². The molecule has 0 atom stereocenters. The molecule has 1 rings (SSSR count). The van der Waals surface area contributed by atoms with Crippen molar-refractivity contribution in [1.29, 1.82) is 0 Å². The Labute approximate surface area is 50.6 Å². The van der Waals surface area contributed by atoms with E-state index in [-0.39, 0.29) is 0 Å². The molecule has 0 aromatic heterocycles. The number of rotatable bonds is 0. The summed E-state index contributed by atoms with van der Waals surface area (Å²) in [5.41, 5.74) is 0. The van der Waals surface area contributed by atoms with Gasteiger partial charge in [0, 0.05) is 6.07 Å². The van der Waals surface area contributed by atoms with Gasteiger partial charge in [-0.3, -0.25) is 5.11 Å². The van der Waals surface area contributed by atoms with E-state index in [2.05, 4.69) is 0 Å². The Balaban J connectivity index is 3.17. The lowest BCUT2D eigenvalue weighted by atomic mass is 10.3. The normalized spacial score (nSPS) is 9.56. The van der Waals surface area contributed by atoms with Gasteiger partial charge in [0.2, 0.25) is 0 Å². The van der Waals surface area contributed by atoms with Gasteiger partial charge in [-0.25, -0.2) is 8.78 Å². The van der Waals surface area contributed by atoms with Crippen LogP contribution in [-0.2, 0) is 5.11 Å². The van der Waals surface area contributed by atoms with Gasteiger partial charge in [0.1, 0.15) is 0 Å². The first-order valence-electron chi connectivity index (χ1n) is 2.32. The average molecular weight is 129 g/mol. The second-order valence-electron chi connectivity index (χ2n) is 1.58. The molecule has 0 saturated heterocycles. The fourth-order valence-corrected chi connectivity index (χ4v) is 0.477. The van der Waals surface area contributed by atoms with E-state index in [1.165, 1.54) is 0 Å². The van der Waals surface area contributed by atoms with Crippen LogP contribution in [0.15, 0.2) is 18.2 Å². The lowest BCUT2D eigenvalue weighted by molar-refractivity contribution is 0.349. The molecule has 1 aromatic carbocycles. The molecule has 3 heteroatoms. The van der Waals surface area contributed by atoms with Crippen molar-refractivity contribution in [2.24, 2.45) is 0 Å². The summed E-state index contributed by atoms with van der Waals surface area (Å²) >= 11 is 0. The minimum absolute atomic E-state index is 0.520. The Morgan fingerprint density at radius 3 is 2.22 bits per heavy atom. The maximum absolute atomic E-state index is 12.0. The molecule has 0 spiro atoms. The third-order valence-corrected chi connectivity index (χ3v) is 0.891.